The minimum absolute atomic E-state index is 0.0981. The summed E-state index contributed by atoms with van der Waals surface area (Å²) in [5.41, 5.74) is 0. The first-order chi connectivity index (χ1) is 12.3. The highest BCUT2D eigenvalue weighted by atomic mass is 19.1. The molecule has 1 aliphatic heterocycles. The van der Waals surface area contributed by atoms with Crippen molar-refractivity contribution < 1.29 is 18.6 Å². The molecule has 0 bridgehead atoms. The molecular formula is C21H21FO3. The normalized spacial score (nSPS) is 15.6. The lowest BCUT2D eigenvalue weighted by molar-refractivity contribution is -0.154. The van der Waals surface area contributed by atoms with Gasteiger partial charge in [-0.25, -0.2) is 4.39 Å². The molecule has 0 spiro atoms. The van der Waals surface area contributed by atoms with E-state index in [1.165, 1.54) is 12.1 Å². The Hall–Kier alpha value is -2.45. The molecule has 0 radical (unpaired) electrons. The maximum absolute atomic E-state index is 12.9. The minimum atomic E-state index is -0.325. The first-order valence-electron chi connectivity index (χ1n) is 8.33. The molecule has 4 heteroatoms. The standard InChI is InChI=1S/C21H21FO3/c22-19-12-11-13-20(18-19)23-15-8-5-3-1-2-4-6-9-16-24-21-14-7-10-17-25-21/h11-13,18,21H,3-4,7,10,14-17H2. The third-order valence-corrected chi connectivity index (χ3v) is 3.31. The highest BCUT2D eigenvalue weighted by Gasteiger charge is 2.12. The SMILES string of the molecule is Fc1cccc(OCC#CCC#CCC#CCOC2CCCCO2)c1. The Morgan fingerprint density at radius 3 is 2.48 bits per heavy atom. The lowest BCUT2D eigenvalue weighted by Crippen LogP contribution is -2.22. The molecule has 0 aliphatic carbocycles. The van der Waals surface area contributed by atoms with Crippen LogP contribution in [0.15, 0.2) is 24.3 Å². The van der Waals surface area contributed by atoms with Gasteiger partial charge in [-0.2, -0.15) is 0 Å². The van der Waals surface area contributed by atoms with Crippen LogP contribution in [0.1, 0.15) is 32.1 Å². The van der Waals surface area contributed by atoms with Crippen molar-refractivity contribution in [2.45, 2.75) is 38.4 Å². The van der Waals surface area contributed by atoms with Crippen LogP contribution in [0.3, 0.4) is 0 Å². The topological polar surface area (TPSA) is 27.7 Å². The Morgan fingerprint density at radius 1 is 1.00 bits per heavy atom. The van der Waals surface area contributed by atoms with E-state index in [0.717, 1.165) is 25.9 Å². The maximum Gasteiger partial charge on any atom is 0.158 e. The van der Waals surface area contributed by atoms with Crippen LogP contribution in [0.2, 0.25) is 0 Å². The van der Waals surface area contributed by atoms with Gasteiger partial charge >= 0.3 is 0 Å². The van der Waals surface area contributed by atoms with Gasteiger partial charge in [-0.05, 0) is 31.4 Å². The fourth-order valence-corrected chi connectivity index (χ4v) is 2.09. The third kappa shape index (κ3) is 8.83. The molecule has 1 atom stereocenters. The highest BCUT2D eigenvalue weighted by Crippen LogP contribution is 2.13. The fraction of sp³-hybridized carbons (Fsp3) is 0.429. The van der Waals surface area contributed by atoms with Gasteiger partial charge in [0.2, 0.25) is 0 Å². The van der Waals surface area contributed by atoms with Crippen molar-refractivity contribution in [3.05, 3.63) is 30.1 Å². The van der Waals surface area contributed by atoms with Crippen molar-refractivity contribution in [1.29, 1.82) is 0 Å². The van der Waals surface area contributed by atoms with Crippen molar-refractivity contribution in [1.82, 2.24) is 0 Å². The van der Waals surface area contributed by atoms with Crippen molar-refractivity contribution in [3.63, 3.8) is 0 Å². The highest BCUT2D eigenvalue weighted by molar-refractivity contribution is 5.23. The Bertz CT molecular complexity index is 704. The minimum Gasteiger partial charge on any atom is -0.481 e. The molecular weight excluding hydrogens is 319 g/mol. The molecule has 1 fully saturated rings. The number of benzene rings is 1. The van der Waals surface area contributed by atoms with Crippen LogP contribution in [-0.2, 0) is 9.47 Å². The summed E-state index contributed by atoms with van der Waals surface area (Å²) >= 11 is 0. The van der Waals surface area contributed by atoms with E-state index in [9.17, 15) is 4.39 Å². The molecule has 1 aromatic carbocycles. The van der Waals surface area contributed by atoms with E-state index >= 15 is 0 Å². The van der Waals surface area contributed by atoms with E-state index in [-0.39, 0.29) is 18.7 Å². The third-order valence-electron chi connectivity index (χ3n) is 3.31. The Balaban J connectivity index is 1.52. The maximum atomic E-state index is 12.9. The van der Waals surface area contributed by atoms with Crippen molar-refractivity contribution in [2.75, 3.05) is 19.8 Å². The summed E-state index contributed by atoms with van der Waals surface area (Å²) < 4.78 is 29.2. The molecule has 3 nitrogen and oxygen atoms in total. The molecule has 2 rings (SSSR count). The lowest BCUT2D eigenvalue weighted by Gasteiger charge is -2.21. The van der Waals surface area contributed by atoms with Crippen LogP contribution in [0.5, 0.6) is 5.75 Å². The molecule has 25 heavy (non-hydrogen) atoms. The van der Waals surface area contributed by atoms with Crippen molar-refractivity contribution >= 4 is 0 Å². The average molecular weight is 340 g/mol. The second-order valence-electron chi connectivity index (χ2n) is 5.27. The quantitative estimate of drug-likeness (QED) is 0.785. The molecule has 1 unspecified atom stereocenters. The molecule has 0 amide bonds. The summed E-state index contributed by atoms with van der Waals surface area (Å²) in [6.07, 6.45) is 4.07. The second kappa shape index (κ2) is 12.0. The van der Waals surface area contributed by atoms with Gasteiger partial charge in [0.15, 0.2) is 6.29 Å². The summed E-state index contributed by atoms with van der Waals surface area (Å²) in [4.78, 5) is 0. The molecule has 0 aromatic heterocycles. The Labute approximate surface area is 148 Å². The van der Waals surface area contributed by atoms with E-state index < -0.39 is 0 Å². The molecule has 1 heterocycles. The number of hydrogen-bond donors (Lipinski definition) is 0. The van der Waals surface area contributed by atoms with E-state index in [1.54, 1.807) is 12.1 Å². The molecule has 1 saturated heterocycles. The van der Waals surface area contributed by atoms with Crippen LogP contribution in [0.4, 0.5) is 4.39 Å². The zero-order valence-corrected chi connectivity index (χ0v) is 14.1. The summed E-state index contributed by atoms with van der Waals surface area (Å²) in [6.45, 7) is 1.37. The number of rotatable bonds is 4. The van der Waals surface area contributed by atoms with Crippen LogP contribution in [0.25, 0.3) is 0 Å². The number of ether oxygens (including phenoxy) is 3. The predicted molar refractivity (Wildman–Crippen MR) is 94.0 cm³/mol. The molecule has 1 aromatic rings. The zero-order chi connectivity index (χ0) is 17.6. The van der Waals surface area contributed by atoms with Gasteiger partial charge < -0.3 is 14.2 Å². The predicted octanol–water partition coefficient (Wildman–Crippen LogP) is 3.54. The van der Waals surface area contributed by atoms with Gasteiger partial charge in [0.1, 0.15) is 24.8 Å². The van der Waals surface area contributed by atoms with Crippen LogP contribution in [0, 0.1) is 41.3 Å². The van der Waals surface area contributed by atoms with Gasteiger partial charge in [-0.1, -0.05) is 41.6 Å². The average Bonchev–Trinajstić information content (AvgIpc) is 2.63. The van der Waals surface area contributed by atoms with Gasteiger partial charge in [-0.15, -0.1) is 0 Å². The molecule has 0 saturated carbocycles. The fourth-order valence-electron chi connectivity index (χ4n) is 2.09. The first kappa shape index (κ1) is 18.9. The van der Waals surface area contributed by atoms with E-state index in [2.05, 4.69) is 35.5 Å². The smallest absolute Gasteiger partial charge is 0.158 e. The molecule has 0 N–H and O–H groups in total. The number of halogens is 1. The van der Waals surface area contributed by atoms with Gasteiger partial charge in [0.25, 0.3) is 0 Å². The molecule has 1 aliphatic rings. The Morgan fingerprint density at radius 2 is 1.76 bits per heavy atom. The van der Waals surface area contributed by atoms with Gasteiger partial charge in [-0.3, -0.25) is 0 Å². The molecule has 130 valence electrons. The van der Waals surface area contributed by atoms with E-state index in [1.807, 2.05) is 0 Å². The largest absolute Gasteiger partial charge is 0.481 e. The van der Waals surface area contributed by atoms with Crippen LogP contribution < -0.4 is 4.74 Å². The second-order valence-corrected chi connectivity index (χ2v) is 5.27. The summed E-state index contributed by atoms with van der Waals surface area (Å²) in [7, 11) is 0. The lowest BCUT2D eigenvalue weighted by atomic mass is 10.2. The zero-order valence-electron chi connectivity index (χ0n) is 14.1. The monoisotopic (exact) mass is 340 g/mol. The van der Waals surface area contributed by atoms with E-state index in [4.69, 9.17) is 14.2 Å². The van der Waals surface area contributed by atoms with Crippen LogP contribution in [-0.4, -0.2) is 26.1 Å². The summed E-state index contributed by atoms with van der Waals surface area (Å²) in [5.74, 6) is 17.6. The first-order valence-corrected chi connectivity index (χ1v) is 8.33. The van der Waals surface area contributed by atoms with Gasteiger partial charge in [0.05, 0.1) is 12.8 Å². The Kier molecular flexibility index (Phi) is 9.06. The van der Waals surface area contributed by atoms with Crippen molar-refractivity contribution in [3.8, 4) is 41.3 Å². The summed E-state index contributed by atoms with van der Waals surface area (Å²) in [6, 6.07) is 5.97. The van der Waals surface area contributed by atoms with Crippen molar-refractivity contribution in [2.24, 2.45) is 0 Å². The van der Waals surface area contributed by atoms with E-state index in [0.29, 0.717) is 25.2 Å². The van der Waals surface area contributed by atoms with Crippen LogP contribution >= 0.6 is 0 Å². The number of hydrogen-bond acceptors (Lipinski definition) is 3. The summed E-state index contributed by atoms with van der Waals surface area (Å²) in [5, 5.41) is 0. The van der Waals surface area contributed by atoms with Gasteiger partial charge in [0, 0.05) is 12.7 Å².